The van der Waals surface area contributed by atoms with Gasteiger partial charge >= 0.3 is 0 Å². The predicted molar refractivity (Wildman–Crippen MR) is 77.4 cm³/mol. The first-order valence-electron chi connectivity index (χ1n) is 5.88. The molecule has 0 aliphatic heterocycles. The second-order valence-corrected chi connectivity index (χ2v) is 6.20. The monoisotopic (exact) mass is 276 g/mol. The number of carbonyl (C=O) groups is 1. The molecule has 0 bridgehead atoms. The molecule has 0 fully saturated rings. The number of amides is 1. The minimum absolute atomic E-state index is 0.103. The molecule has 1 heterocycles. The number of benzene rings is 1. The summed E-state index contributed by atoms with van der Waals surface area (Å²) < 4.78 is 0. The van der Waals surface area contributed by atoms with Crippen LogP contribution in [0.2, 0.25) is 0 Å². The van der Waals surface area contributed by atoms with Gasteiger partial charge in [-0.15, -0.1) is 10.2 Å². The van der Waals surface area contributed by atoms with E-state index in [-0.39, 0.29) is 11.3 Å². The maximum atomic E-state index is 12.3. The largest absolute Gasteiger partial charge is 0.374 e. The first-order chi connectivity index (χ1) is 8.88. The smallest absolute Gasteiger partial charge is 0.257 e. The summed E-state index contributed by atoms with van der Waals surface area (Å²) in [5.74, 6) is -0.193. The Balaban J connectivity index is 2.29. The molecule has 19 heavy (non-hydrogen) atoms. The van der Waals surface area contributed by atoms with Crippen molar-refractivity contribution in [3.05, 3.63) is 35.4 Å². The zero-order chi connectivity index (χ0) is 14.0. The molecular weight excluding hydrogens is 260 g/mol. The molecule has 6 heteroatoms. The average molecular weight is 276 g/mol. The van der Waals surface area contributed by atoms with Crippen LogP contribution >= 0.6 is 11.3 Å². The highest BCUT2D eigenvalue weighted by molar-refractivity contribution is 7.19. The van der Waals surface area contributed by atoms with Gasteiger partial charge in [0, 0.05) is 5.56 Å². The lowest BCUT2D eigenvalue weighted by Gasteiger charge is -2.22. The van der Waals surface area contributed by atoms with E-state index in [0.29, 0.717) is 15.8 Å². The normalized spacial score (nSPS) is 11.3. The van der Waals surface area contributed by atoms with Crippen molar-refractivity contribution >= 4 is 27.5 Å². The molecule has 0 spiro atoms. The van der Waals surface area contributed by atoms with E-state index in [1.807, 2.05) is 18.2 Å². The fourth-order valence-corrected chi connectivity index (χ4v) is 2.29. The summed E-state index contributed by atoms with van der Waals surface area (Å²) in [7, 11) is 0. The highest BCUT2D eigenvalue weighted by Gasteiger charge is 2.21. The minimum Gasteiger partial charge on any atom is -0.374 e. The van der Waals surface area contributed by atoms with E-state index in [0.717, 1.165) is 16.9 Å². The van der Waals surface area contributed by atoms with E-state index in [2.05, 4.69) is 36.3 Å². The van der Waals surface area contributed by atoms with Crippen LogP contribution in [-0.4, -0.2) is 16.1 Å². The number of nitrogen functional groups attached to an aromatic ring is 1. The van der Waals surface area contributed by atoms with Crippen LogP contribution in [-0.2, 0) is 5.41 Å². The Hall–Kier alpha value is -1.95. The Morgan fingerprint density at radius 3 is 2.53 bits per heavy atom. The van der Waals surface area contributed by atoms with Gasteiger partial charge in [0.15, 0.2) is 0 Å². The standard InChI is InChI=1S/C13H16N4OS/c1-13(2,3)9-7-5-4-6-8(9)10(18)15-12-17-16-11(14)19-12/h4-7H,1-3H3,(H2,14,16)(H,15,17,18). The quantitative estimate of drug-likeness (QED) is 0.883. The third kappa shape index (κ3) is 3.08. The van der Waals surface area contributed by atoms with Crippen molar-refractivity contribution in [3.8, 4) is 0 Å². The fraction of sp³-hybridized carbons (Fsp3) is 0.308. The van der Waals surface area contributed by atoms with Gasteiger partial charge in [-0.1, -0.05) is 50.3 Å². The molecule has 0 aliphatic rings. The zero-order valence-corrected chi connectivity index (χ0v) is 11.9. The Morgan fingerprint density at radius 1 is 1.26 bits per heavy atom. The second kappa shape index (κ2) is 4.97. The van der Waals surface area contributed by atoms with Gasteiger partial charge in [-0.2, -0.15) is 0 Å². The van der Waals surface area contributed by atoms with Crippen LogP contribution in [0.4, 0.5) is 10.3 Å². The molecule has 3 N–H and O–H groups in total. The maximum Gasteiger partial charge on any atom is 0.257 e. The van der Waals surface area contributed by atoms with E-state index < -0.39 is 0 Å². The van der Waals surface area contributed by atoms with Gasteiger partial charge in [0.25, 0.3) is 5.91 Å². The number of aromatic nitrogens is 2. The van der Waals surface area contributed by atoms with Crippen LogP contribution in [0.25, 0.3) is 0 Å². The Kier molecular flexibility index (Phi) is 3.53. The molecule has 1 aromatic heterocycles. The van der Waals surface area contributed by atoms with Crippen LogP contribution in [0, 0.1) is 0 Å². The van der Waals surface area contributed by atoms with Crippen molar-refractivity contribution in [3.63, 3.8) is 0 Å². The van der Waals surface area contributed by atoms with Crippen molar-refractivity contribution in [1.82, 2.24) is 10.2 Å². The SMILES string of the molecule is CC(C)(C)c1ccccc1C(=O)Nc1nnc(N)s1. The summed E-state index contributed by atoms with van der Waals surface area (Å²) in [4.78, 5) is 12.3. The average Bonchev–Trinajstić information content (AvgIpc) is 2.73. The van der Waals surface area contributed by atoms with Crippen LogP contribution < -0.4 is 11.1 Å². The molecule has 0 aliphatic carbocycles. The number of hydrogen-bond donors (Lipinski definition) is 2. The van der Waals surface area contributed by atoms with E-state index in [9.17, 15) is 4.79 Å². The zero-order valence-electron chi connectivity index (χ0n) is 11.1. The van der Waals surface area contributed by atoms with E-state index >= 15 is 0 Å². The summed E-state index contributed by atoms with van der Waals surface area (Å²) >= 11 is 1.15. The number of hydrogen-bond acceptors (Lipinski definition) is 5. The van der Waals surface area contributed by atoms with Gasteiger partial charge in [0.2, 0.25) is 10.3 Å². The first kappa shape index (κ1) is 13.5. The van der Waals surface area contributed by atoms with Gasteiger partial charge in [-0.25, -0.2) is 0 Å². The van der Waals surface area contributed by atoms with Gasteiger partial charge in [-0.05, 0) is 17.0 Å². The van der Waals surface area contributed by atoms with Crippen molar-refractivity contribution in [1.29, 1.82) is 0 Å². The summed E-state index contributed by atoms with van der Waals surface area (Å²) in [6.07, 6.45) is 0. The van der Waals surface area contributed by atoms with E-state index in [4.69, 9.17) is 5.73 Å². The van der Waals surface area contributed by atoms with Crippen molar-refractivity contribution < 1.29 is 4.79 Å². The predicted octanol–water partition coefficient (Wildman–Crippen LogP) is 2.67. The molecule has 100 valence electrons. The Morgan fingerprint density at radius 2 is 1.95 bits per heavy atom. The third-order valence-corrected chi connectivity index (χ3v) is 3.31. The lowest BCUT2D eigenvalue weighted by molar-refractivity contribution is 0.102. The number of anilines is 2. The molecule has 2 aromatic rings. The van der Waals surface area contributed by atoms with Crippen LogP contribution in [0.15, 0.2) is 24.3 Å². The molecule has 1 aromatic carbocycles. The molecule has 2 rings (SSSR count). The summed E-state index contributed by atoms with van der Waals surface area (Å²) in [5.41, 5.74) is 7.02. The highest BCUT2D eigenvalue weighted by Crippen LogP contribution is 2.26. The van der Waals surface area contributed by atoms with Crippen LogP contribution in [0.3, 0.4) is 0 Å². The molecule has 5 nitrogen and oxygen atoms in total. The highest BCUT2D eigenvalue weighted by atomic mass is 32.1. The Labute approximate surface area is 115 Å². The van der Waals surface area contributed by atoms with Crippen LogP contribution in [0.5, 0.6) is 0 Å². The van der Waals surface area contributed by atoms with Gasteiger partial charge in [0.1, 0.15) is 0 Å². The van der Waals surface area contributed by atoms with Gasteiger partial charge in [-0.3, -0.25) is 10.1 Å². The van der Waals surface area contributed by atoms with Gasteiger partial charge < -0.3 is 5.73 Å². The summed E-state index contributed by atoms with van der Waals surface area (Å²) in [5, 5.41) is 10.9. The first-order valence-corrected chi connectivity index (χ1v) is 6.69. The molecule has 0 radical (unpaired) electrons. The second-order valence-electron chi connectivity index (χ2n) is 5.20. The molecule has 0 atom stereocenters. The minimum atomic E-state index is -0.193. The number of nitrogens with zero attached hydrogens (tertiary/aromatic N) is 2. The van der Waals surface area contributed by atoms with Crippen molar-refractivity contribution in [2.45, 2.75) is 26.2 Å². The summed E-state index contributed by atoms with van der Waals surface area (Å²) in [6.45, 7) is 6.21. The third-order valence-electron chi connectivity index (χ3n) is 2.64. The Bertz CT molecular complexity index is 601. The maximum absolute atomic E-state index is 12.3. The molecular formula is C13H16N4OS. The van der Waals surface area contributed by atoms with E-state index in [1.165, 1.54) is 0 Å². The lowest BCUT2D eigenvalue weighted by atomic mass is 9.83. The fourth-order valence-electron chi connectivity index (χ4n) is 1.78. The van der Waals surface area contributed by atoms with Gasteiger partial charge in [0.05, 0.1) is 0 Å². The molecule has 0 unspecified atom stereocenters. The lowest BCUT2D eigenvalue weighted by Crippen LogP contribution is -2.20. The van der Waals surface area contributed by atoms with Crippen molar-refractivity contribution in [2.75, 3.05) is 11.1 Å². The number of carbonyl (C=O) groups excluding carboxylic acids is 1. The van der Waals surface area contributed by atoms with Crippen LogP contribution in [0.1, 0.15) is 36.7 Å². The molecule has 1 amide bonds. The molecule has 0 saturated carbocycles. The number of rotatable bonds is 2. The number of nitrogens with one attached hydrogen (secondary N) is 1. The van der Waals surface area contributed by atoms with Crippen molar-refractivity contribution in [2.24, 2.45) is 0 Å². The topological polar surface area (TPSA) is 80.9 Å². The van der Waals surface area contributed by atoms with E-state index in [1.54, 1.807) is 6.07 Å². The number of nitrogens with two attached hydrogens (primary N) is 1. The summed E-state index contributed by atoms with van der Waals surface area (Å²) in [6, 6.07) is 7.54. The molecule has 0 saturated heterocycles.